The van der Waals surface area contributed by atoms with E-state index in [0.29, 0.717) is 39.7 Å². The third-order valence-electron chi connectivity index (χ3n) is 3.93. The van der Waals surface area contributed by atoms with E-state index in [1.807, 2.05) is 0 Å². The van der Waals surface area contributed by atoms with E-state index in [0.717, 1.165) is 0 Å². The van der Waals surface area contributed by atoms with E-state index in [9.17, 15) is 9.90 Å². The van der Waals surface area contributed by atoms with Gasteiger partial charge in [-0.05, 0) is 42.0 Å². The molecule has 0 spiro atoms. The Morgan fingerprint density at radius 2 is 1.73 bits per heavy atom. The number of hydrogen-bond donors (Lipinski definition) is 1. The molecule has 1 aliphatic rings. The second-order valence-electron chi connectivity index (χ2n) is 5.50. The monoisotopic (exact) mass is 354 g/mol. The molecular weight excluding hydrogens is 336 g/mol. The number of aromatic hydroxyl groups is 1. The van der Waals surface area contributed by atoms with Crippen molar-refractivity contribution in [3.63, 3.8) is 0 Å². The molecule has 0 bridgehead atoms. The summed E-state index contributed by atoms with van der Waals surface area (Å²) in [6.45, 7) is 0. The number of phenolic OH excluding ortho intramolecular Hbond substituents is 1. The number of benzene rings is 2. The summed E-state index contributed by atoms with van der Waals surface area (Å²) in [4.78, 5) is 12.2. The first kappa shape index (κ1) is 17.4. The van der Waals surface area contributed by atoms with Gasteiger partial charge in [-0.1, -0.05) is 6.07 Å². The van der Waals surface area contributed by atoms with E-state index < -0.39 is 5.97 Å². The topological polar surface area (TPSA) is 74.2 Å². The molecule has 0 radical (unpaired) electrons. The maximum Gasteiger partial charge on any atom is 0.343 e. The minimum absolute atomic E-state index is 0.0304. The lowest BCUT2D eigenvalue weighted by Crippen LogP contribution is -1.98. The third kappa shape index (κ3) is 3.35. The first-order chi connectivity index (χ1) is 12.5. The van der Waals surface area contributed by atoms with Crippen LogP contribution in [0.4, 0.5) is 0 Å². The van der Waals surface area contributed by atoms with E-state index in [1.54, 1.807) is 49.6 Å². The molecule has 26 heavy (non-hydrogen) atoms. The molecule has 0 saturated carbocycles. The van der Waals surface area contributed by atoms with Crippen LogP contribution in [0.2, 0.25) is 0 Å². The number of carbonyl (C=O) groups is 1. The van der Waals surface area contributed by atoms with Crippen LogP contribution in [-0.4, -0.2) is 32.4 Å². The van der Waals surface area contributed by atoms with Crippen LogP contribution >= 0.6 is 0 Å². The normalized spacial score (nSPS) is 14.8. The number of rotatable bonds is 5. The van der Waals surface area contributed by atoms with Gasteiger partial charge in [-0.25, -0.2) is 4.79 Å². The molecule has 0 aromatic heterocycles. The van der Waals surface area contributed by atoms with Gasteiger partial charge in [0.1, 0.15) is 17.3 Å². The molecule has 1 heterocycles. The molecule has 2 aromatic rings. The number of esters is 1. The van der Waals surface area contributed by atoms with Crippen molar-refractivity contribution in [2.24, 2.45) is 0 Å². The standard InChI is InChI=1S/C20H18O6/c1-23-14-5-6-15(17(11-14)24-2)18-10-13(20(22)26-18)8-12-4-7-16(21)19(9-12)25-3/h4-11,21H,1-3H3/b13-8+. The Kier molecular flexibility index (Phi) is 4.84. The molecule has 0 unspecified atom stereocenters. The van der Waals surface area contributed by atoms with Gasteiger partial charge in [0.05, 0.1) is 32.5 Å². The van der Waals surface area contributed by atoms with E-state index >= 15 is 0 Å². The van der Waals surface area contributed by atoms with Crippen molar-refractivity contribution < 1.29 is 28.8 Å². The van der Waals surface area contributed by atoms with Crippen LogP contribution in [0.1, 0.15) is 11.1 Å². The third-order valence-corrected chi connectivity index (χ3v) is 3.93. The van der Waals surface area contributed by atoms with Crippen LogP contribution in [0, 0.1) is 0 Å². The summed E-state index contributed by atoms with van der Waals surface area (Å²) in [5.41, 5.74) is 1.73. The van der Waals surface area contributed by atoms with Gasteiger partial charge in [0, 0.05) is 6.07 Å². The SMILES string of the molecule is COc1ccc(C2=C/C(=C\c3ccc(O)c(OC)c3)C(=O)O2)c(OC)c1. The van der Waals surface area contributed by atoms with Gasteiger partial charge >= 0.3 is 5.97 Å². The molecule has 1 N–H and O–H groups in total. The lowest BCUT2D eigenvalue weighted by atomic mass is 10.1. The molecule has 0 fully saturated rings. The molecule has 0 aliphatic carbocycles. The maximum absolute atomic E-state index is 12.2. The molecule has 0 saturated heterocycles. The number of hydrogen-bond acceptors (Lipinski definition) is 6. The van der Waals surface area contributed by atoms with Crippen LogP contribution in [-0.2, 0) is 9.53 Å². The largest absolute Gasteiger partial charge is 0.504 e. The van der Waals surface area contributed by atoms with Crippen molar-refractivity contribution >= 4 is 17.8 Å². The highest BCUT2D eigenvalue weighted by atomic mass is 16.5. The number of methoxy groups -OCH3 is 3. The lowest BCUT2D eigenvalue weighted by molar-refractivity contribution is -0.130. The van der Waals surface area contributed by atoms with E-state index in [-0.39, 0.29) is 5.75 Å². The van der Waals surface area contributed by atoms with Crippen LogP contribution in [0.25, 0.3) is 11.8 Å². The molecule has 1 aliphatic heterocycles. The summed E-state index contributed by atoms with van der Waals surface area (Å²) in [7, 11) is 4.56. The molecule has 6 nitrogen and oxygen atoms in total. The number of carbonyl (C=O) groups excluding carboxylic acids is 1. The zero-order chi connectivity index (χ0) is 18.7. The Balaban J connectivity index is 1.97. The van der Waals surface area contributed by atoms with Gasteiger partial charge < -0.3 is 24.1 Å². The van der Waals surface area contributed by atoms with Gasteiger partial charge in [0.15, 0.2) is 11.5 Å². The second-order valence-corrected chi connectivity index (χ2v) is 5.50. The predicted octanol–water partition coefficient (Wildman–Crippen LogP) is 3.40. The molecule has 6 heteroatoms. The number of phenols is 1. The number of cyclic esters (lactones) is 1. The molecule has 2 aromatic carbocycles. The zero-order valence-electron chi connectivity index (χ0n) is 14.6. The molecule has 134 valence electrons. The van der Waals surface area contributed by atoms with Gasteiger partial charge in [-0.15, -0.1) is 0 Å². The highest BCUT2D eigenvalue weighted by molar-refractivity contribution is 6.05. The summed E-state index contributed by atoms with van der Waals surface area (Å²) in [6.07, 6.45) is 3.30. The van der Waals surface area contributed by atoms with Crippen molar-refractivity contribution in [2.45, 2.75) is 0 Å². The Hall–Kier alpha value is -3.41. The molecule has 3 rings (SSSR count). The average Bonchev–Trinajstić information content (AvgIpc) is 3.02. The van der Waals surface area contributed by atoms with E-state index in [1.165, 1.54) is 20.3 Å². The lowest BCUT2D eigenvalue weighted by Gasteiger charge is -2.10. The fourth-order valence-corrected chi connectivity index (χ4v) is 2.59. The maximum atomic E-state index is 12.2. The molecule has 0 amide bonds. The first-order valence-electron chi connectivity index (χ1n) is 7.80. The predicted molar refractivity (Wildman–Crippen MR) is 96.3 cm³/mol. The summed E-state index contributed by atoms with van der Waals surface area (Å²) in [6, 6.07) is 10.1. The van der Waals surface area contributed by atoms with E-state index in [4.69, 9.17) is 18.9 Å². The fourth-order valence-electron chi connectivity index (χ4n) is 2.59. The van der Waals surface area contributed by atoms with Crippen LogP contribution in [0.15, 0.2) is 48.0 Å². The Morgan fingerprint density at radius 3 is 2.42 bits per heavy atom. The smallest absolute Gasteiger partial charge is 0.343 e. The quantitative estimate of drug-likeness (QED) is 0.655. The van der Waals surface area contributed by atoms with Gasteiger partial charge in [0.25, 0.3) is 0 Å². The summed E-state index contributed by atoms with van der Waals surface area (Å²) in [5, 5.41) is 9.67. The highest BCUT2D eigenvalue weighted by Crippen LogP contribution is 2.35. The molecular formula is C20H18O6. The second kappa shape index (κ2) is 7.23. The highest BCUT2D eigenvalue weighted by Gasteiger charge is 2.24. The van der Waals surface area contributed by atoms with Crippen LogP contribution < -0.4 is 14.2 Å². The summed E-state index contributed by atoms with van der Waals surface area (Å²) >= 11 is 0. The first-order valence-corrected chi connectivity index (χ1v) is 7.80. The summed E-state index contributed by atoms with van der Waals surface area (Å²) < 4.78 is 21.0. The fraction of sp³-hybridized carbons (Fsp3) is 0.150. The summed E-state index contributed by atoms with van der Waals surface area (Å²) in [5.74, 6) is 1.46. The van der Waals surface area contributed by atoms with Crippen molar-refractivity contribution in [1.29, 1.82) is 0 Å². The minimum Gasteiger partial charge on any atom is -0.504 e. The van der Waals surface area contributed by atoms with Gasteiger partial charge in [0.2, 0.25) is 0 Å². The zero-order valence-corrected chi connectivity index (χ0v) is 14.6. The van der Waals surface area contributed by atoms with E-state index in [2.05, 4.69) is 0 Å². The van der Waals surface area contributed by atoms with Crippen LogP contribution in [0.5, 0.6) is 23.0 Å². The van der Waals surface area contributed by atoms with Crippen molar-refractivity contribution in [3.05, 3.63) is 59.2 Å². The Bertz CT molecular complexity index is 911. The number of ether oxygens (including phenoxy) is 4. The van der Waals surface area contributed by atoms with Gasteiger partial charge in [-0.2, -0.15) is 0 Å². The Labute approximate surface area is 150 Å². The minimum atomic E-state index is -0.468. The van der Waals surface area contributed by atoms with Crippen molar-refractivity contribution in [3.8, 4) is 23.0 Å². The van der Waals surface area contributed by atoms with Gasteiger partial charge in [-0.3, -0.25) is 0 Å². The van der Waals surface area contributed by atoms with Crippen molar-refractivity contribution in [2.75, 3.05) is 21.3 Å². The van der Waals surface area contributed by atoms with Crippen LogP contribution in [0.3, 0.4) is 0 Å². The van der Waals surface area contributed by atoms with Crippen molar-refractivity contribution in [1.82, 2.24) is 0 Å². The average molecular weight is 354 g/mol. The molecule has 0 atom stereocenters. The Morgan fingerprint density at radius 1 is 0.962 bits per heavy atom.